The molecule has 1 aromatic heterocycles. The van der Waals surface area contributed by atoms with Crippen molar-refractivity contribution in [3.63, 3.8) is 0 Å². The fraction of sp³-hybridized carbons (Fsp3) is 0. The number of carbonyl (C=O) groups is 1. The van der Waals surface area contributed by atoms with Crippen molar-refractivity contribution in [2.75, 3.05) is 0 Å². The van der Waals surface area contributed by atoms with Crippen LogP contribution < -0.4 is 5.43 Å². The Bertz CT molecular complexity index is 640. The summed E-state index contributed by atoms with van der Waals surface area (Å²) >= 11 is 13.7. The second-order valence-corrected chi connectivity index (χ2v) is 5.37. The molecule has 0 saturated heterocycles. The van der Waals surface area contributed by atoms with E-state index in [9.17, 15) is 4.79 Å². The number of hydrogen-bond acceptors (Lipinski definition) is 3. The summed E-state index contributed by atoms with van der Waals surface area (Å²) in [5, 5.41) is 4.52. The van der Waals surface area contributed by atoms with Crippen molar-refractivity contribution in [1.29, 1.82) is 0 Å². The molecule has 19 heavy (non-hydrogen) atoms. The lowest BCUT2D eigenvalue weighted by atomic mass is 10.2. The summed E-state index contributed by atoms with van der Waals surface area (Å²) < 4.78 is 5.99. The monoisotopic (exact) mass is 408 g/mol. The van der Waals surface area contributed by atoms with Crippen molar-refractivity contribution in [3.05, 3.63) is 55.5 Å². The molecule has 0 radical (unpaired) electrons. The van der Waals surface area contributed by atoms with Crippen molar-refractivity contribution in [1.82, 2.24) is 5.43 Å². The largest absolute Gasteiger partial charge is 0.449 e. The minimum Gasteiger partial charge on any atom is -0.449 e. The van der Waals surface area contributed by atoms with E-state index in [1.165, 1.54) is 18.3 Å². The molecule has 0 atom stereocenters. The number of amides is 1. The van der Waals surface area contributed by atoms with Crippen molar-refractivity contribution >= 4 is 57.9 Å². The Morgan fingerprint density at radius 1 is 1.32 bits per heavy atom. The molecule has 1 aromatic carbocycles. The highest BCUT2D eigenvalue weighted by Crippen LogP contribution is 2.20. The van der Waals surface area contributed by atoms with E-state index < -0.39 is 5.91 Å². The van der Waals surface area contributed by atoms with Gasteiger partial charge < -0.3 is 4.42 Å². The van der Waals surface area contributed by atoms with Crippen molar-refractivity contribution in [2.45, 2.75) is 0 Å². The van der Waals surface area contributed by atoms with Gasteiger partial charge in [-0.05, 0) is 52.9 Å². The fourth-order valence-corrected chi connectivity index (χ4v) is 2.21. The van der Waals surface area contributed by atoms with Gasteiger partial charge in [0.15, 0.2) is 3.77 Å². The van der Waals surface area contributed by atoms with Crippen LogP contribution in [0.3, 0.4) is 0 Å². The predicted molar refractivity (Wildman–Crippen MR) is 82.9 cm³/mol. The van der Waals surface area contributed by atoms with Gasteiger partial charge in [-0.1, -0.05) is 23.2 Å². The lowest BCUT2D eigenvalue weighted by molar-refractivity contribution is 0.0955. The number of hydrogen-bond donors (Lipinski definition) is 1. The van der Waals surface area contributed by atoms with Gasteiger partial charge in [-0.3, -0.25) is 4.79 Å². The summed E-state index contributed by atoms with van der Waals surface area (Å²) in [7, 11) is 0. The van der Waals surface area contributed by atoms with E-state index in [1.807, 2.05) is 22.6 Å². The van der Waals surface area contributed by atoms with Crippen LogP contribution >= 0.6 is 45.8 Å². The van der Waals surface area contributed by atoms with Gasteiger partial charge in [0.1, 0.15) is 5.76 Å². The first-order valence-electron chi connectivity index (χ1n) is 5.10. The second kappa shape index (κ2) is 6.40. The van der Waals surface area contributed by atoms with Crippen LogP contribution in [-0.2, 0) is 0 Å². The molecule has 1 N–H and O–H groups in total. The molecule has 0 unspecified atom stereocenters. The number of hydrazone groups is 1. The third-order valence-electron chi connectivity index (χ3n) is 2.13. The maximum Gasteiger partial charge on any atom is 0.272 e. The quantitative estimate of drug-likeness (QED) is 0.474. The van der Waals surface area contributed by atoms with Crippen LogP contribution in [0.5, 0.6) is 0 Å². The van der Waals surface area contributed by atoms with Crippen LogP contribution in [0.25, 0.3) is 0 Å². The Labute approximate surface area is 132 Å². The fourth-order valence-electron chi connectivity index (χ4n) is 1.29. The number of benzene rings is 1. The molecule has 1 amide bonds. The topological polar surface area (TPSA) is 54.6 Å². The maximum absolute atomic E-state index is 11.8. The van der Waals surface area contributed by atoms with Gasteiger partial charge in [0.2, 0.25) is 0 Å². The number of carbonyl (C=O) groups excluding carboxylic acids is 1. The summed E-state index contributed by atoms with van der Waals surface area (Å²) in [6.07, 6.45) is 1.41. The van der Waals surface area contributed by atoms with Crippen molar-refractivity contribution < 1.29 is 9.21 Å². The summed E-state index contributed by atoms with van der Waals surface area (Å²) in [4.78, 5) is 11.8. The van der Waals surface area contributed by atoms with Crippen LogP contribution in [0.15, 0.2) is 39.9 Å². The molecular weight excluding hydrogens is 402 g/mol. The summed E-state index contributed by atoms with van der Waals surface area (Å²) in [6, 6.07) is 8.15. The third kappa shape index (κ3) is 3.95. The van der Waals surface area contributed by atoms with E-state index in [2.05, 4.69) is 10.5 Å². The van der Waals surface area contributed by atoms with E-state index >= 15 is 0 Å². The number of furan rings is 1. The van der Waals surface area contributed by atoms with E-state index in [0.29, 0.717) is 16.3 Å². The highest BCUT2D eigenvalue weighted by atomic mass is 127. The van der Waals surface area contributed by atoms with Gasteiger partial charge in [-0.25, -0.2) is 5.43 Å². The molecule has 98 valence electrons. The predicted octanol–water partition coefficient (Wildman–Crippen LogP) is 3.95. The van der Waals surface area contributed by atoms with Gasteiger partial charge in [-0.15, -0.1) is 0 Å². The zero-order valence-electron chi connectivity index (χ0n) is 9.36. The molecule has 2 rings (SSSR count). The summed E-state index contributed by atoms with van der Waals surface area (Å²) in [6.45, 7) is 0. The Hall–Kier alpha value is -1.05. The summed E-state index contributed by atoms with van der Waals surface area (Å²) in [5.74, 6) is 0.131. The first-order valence-corrected chi connectivity index (χ1v) is 6.93. The first kappa shape index (κ1) is 14.4. The van der Waals surface area contributed by atoms with Gasteiger partial charge in [0.25, 0.3) is 5.91 Å². The number of rotatable bonds is 3. The molecule has 0 aliphatic carbocycles. The van der Waals surface area contributed by atoms with E-state index in [0.717, 1.165) is 3.77 Å². The molecule has 1 heterocycles. The van der Waals surface area contributed by atoms with Gasteiger partial charge in [0, 0.05) is 5.02 Å². The highest BCUT2D eigenvalue weighted by molar-refractivity contribution is 14.1. The Kier molecular flexibility index (Phi) is 4.84. The zero-order chi connectivity index (χ0) is 13.8. The highest BCUT2D eigenvalue weighted by Gasteiger charge is 2.09. The molecule has 0 saturated carbocycles. The number of nitrogens with one attached hydrogen (secondary N) is 1. The van der Waals surface area contributed by atoms with Crippen LogP contribution in [0.4, 0.5) is 0 Å². The van der Waals surface area contributed by atoms with Crippen LogP contribution in [-0.4, -0.2) is 12.1 Å². The molecule has 0 aliphatic heterocycles. The maximum atomic E-state index is 11.8. The average molecular weight is 409 g/mol. The van der Waals surface area contributed by atoms with E-state index in [1.54, 1.807) is 18.2 Å². The van der Waals surface area contributed by atoms with Crippen LogP contribution in [0, 0.1) is 3.77 Å². The molecule has 7 heteroatoms. The summed E-state index contributed by atoms with van der Waals surface area (Å²) in [5.41, 5.74) is 2.66. The molecule has 2 aromatic rings. The molecule has 0 aliphatic rings. The Morgan fingerprint density at radius 3 is 2.74 bits per heavy atom. The number of nitrogens with zero attached hydrogens (tertiary/aromatic N) is 1. The van der Waals surface area contributed by atoms with Gasteiger partial charge >= 0.3 is 0 Å². The molecule has 0 spiro atoms. The Balaban J connectivity index is 2.03. The molecule has 4 nitrogen and oxygen atoms in total. The van der Waals surface area contributed by atoms with Crippen LogP contribution in [0.1, 0.15) is 16.1 Å². The molecular formula is C12H7Cl2IN2O2. The third-order valence-corrected chi connectivity index (χ3v) is 3.26. The van der Waals surface area contributed by atoms with Gasteiger partial charge in [0.05, 0.1) is 16.8 Å². The minimum atomic E-state index is -0.417. The number of halogens is 3. The second-order valence-electron chi connectivity index (χ2n) is 3.47. The molecule has 0 fully saturated rings. The standard InChI is InChI=1S/C12H7Cl2IN2O2/c13-7-1-3-9(10(14)5-7)12(18)17-16-6-8-2-4-11(15)19-8/h1-6H,(H,17,18)/b16-6-. The lowest BCUT2D eigenvalue weighted by Gasteiger charge is -2.02. The van der Waals surface area contributed by atoms with E-state index in [-0.39, 0.29) is 5.02 Å². The minimum absolute atomic E-state index is 0.271. The smallest absolute Gasteiger partial charge is 0.272 e. The lowest BCUT2D eigenvalue weighted by Crippen LogP contribution is -2.17. The van der Waals surface area contributed by atoms with Crippen molar-refractivity contribution in [3.8, 4) is 0 Å². The van der Waals surface area contributed by atoms with Gasteiger partial charge in [-0.2, -0.15) is 5.10 Å². The SMILES string of the molecule is O=C(N/N=C\c1ccc(I)o1)c1ccc(Cl)cc1Cl. The zero-order valence-corrected chi connectivity index (χ0v) is 13.0. The van der Waals surface area contributed by atoms with E-state index in [4.69, 9.17) is 27.6 Å². The van der Waals surface area contributed by atoms with Crippen LogP contribution in [0.2, 0.25) is 10.0 Å². The Morgan fingerprint density at radius 2 is 2.11 bits per heavy atom. The molecule has 0 bridgehead atoms. The first-order chi connectivity index (χ1) is 9.06. The van der Waals surface area contributed by atoms with Crippen molar-refractivity contribution in [2.24, 2.45) is 5.10 Å². The normalized spacial score (nSPS) is 10.9. The average Bonchev–Trinajstić information content (AvgIpc) is 2.75.